The Morgan fingerprint density at radius 2 is 2.00 bits per heavy atom. The third-order valence-electron chi connectivity index (χ3n) is 5.17. The van der Waals surface area contributed by atoms with Crippen molar-refractivity contribution in [2.45, 2.75) is 32.7 Å². The molecule has 5 heteroatoms. The summed E-state index contributed by atoms with van der Waals surface area (Å²) in [5.74, 6) is -0.0416. The van der Waals surface area contributed by atoms with Gasteiger partial charge in [-0.3, -0.25) is 9.69 Å². The maximum absolute atomic E-state index is 11.4. The Balaban J connectivity index is 2.02. The van der Waals surface area contributed by atoms with Crippen molar-refractivity contribution in [1.82, 2.24) is 4.90 Å². The fourth-order valence-corrected chi connectivity index (χ4v) is 4.23. The molecule has 1 aliphatic rings. The second-order valence-corrected chi connectivity index (χ2v) is 8.00. The summed E-state index contributed by atoms with van der Waals surface area (Å²) in [6.45, 7) is 6.21. The van der Waals surface area contributed by atoms with Gasteiger partial charge in [-0.1, -0.05) is 45.8 Å². The van der Waals surface area contributed by atoms with E-state index < -0.39 is 5.97 Å². The van der Waals surface area contributed by atoms with Crippen LogP contribution in [0.15, 0.2) is 46.9 Å². The van der Waals surface area contributed by atoms with Crippen LogP contribution in [0.25, 0.3) is 0 Å². The van der Waals surface area contributed by atoms with Gasteiger partial charge in [0.05, 0.1) is 18.6 Å². The number of carboxylic acid groups (broad SMARTS) is 1. The van der Waals surface area contributed by atoms with E-state index in [4.69, 9.17) is 4.74 Å². The second-order valence-electron chi connectivity index (χ2n) is 7.08. The molecule has 1 heterocycles. The number of ether oxygens (including phenoxy) is 1. The first-order chi connectivity index (χ1) is 13.0. The fourth-order valence-electron chi connectivity index (χ4n) is 3.85. The first-order valence-electron chi connectivity index (χ1n) is 9.45. The first kappa shape index (κ1) is 19.9. The number of halogens is 1. The van der Waals surface area contributed by atoms with Gasteiger partial charge >= 0.3 is 5.97 Å². The molecule has 1 saturated heterocycles. The summed E-state index contributed by atoms with van der Waals surface area (Å²) in [6.07, 6.45) is 1.35. The van der Waals surface area contributed by atoms with Crippen molar-refractivity contribution in [3.63, 3.8) is 0 Å². The Kier molecular flexibility index (Phi) is 6.55. The average molecular weight is 432 g/mol. The van der Waals surface area contributed by atoms with Crippen molar-refractivity contribution in [2.75, 3.05) is 19.7 Å². The van der Waals surface area contributed by atoms with Gasteiger partial charge in [0.1, 0.15) is 5.75 Å². The lowest BCUT2D eigenvalue weighted by Crippen LogP contribution is -2.39. The van der Waals surface area contributed by atoms with Crippen LogP contribution in [0.1, 0.15) is 42.5 Å². The Morgan fingerprint density at radius 3 is 2.63 bits per heavy atom. The number of carbonyl (C=O) groups is 1. The van der Waals surface area contributed by atoms with Crippen LogP contribution in [-0.4, -0.2) is 35.7 Å². The molecule has 0 radical (unpaired) electrons. The summed E-state index contributed by atoms with van der Waals surface area (Å²) >= 11 is 3.60. The van der Waals surface area contributed by atoms with E-state index in [0.29, 0.717) is 19.4 Å². The van der Waals surface area contributed by atoms with Gasteiger partial charge in [-0.25, -0.2) is 0 Å². The second kappa shape index (κ2) is 8.89. The summed E-state index contributed by atoms with van der Waals surface area (Å²) < 4.78 is 6.95. The first-order valence-corrected chi connectivity index (χ1v) is 10.2. The number of benzene rings is 2. The highest BCUT2D eigenvalue weighted by Crippen LogP contribution is 2.38. The van der Waals surface area contributed by atoms with Gasteiger partial charge in [-0.05, 0) is 63.5 Å². The van der Waals surface area contributed by atoms with E-state index in [1.165, 1.54) is 11.1 Å². The minimum atomic E-state index is -0.681. The van der Waals surface area contributed by atoms with Gasteiger partial charge in [0, 0.05) is 10.0 Å². The van der Waals surface area contributed by atoms with Gasteiger partial charge < -0.3 is 9.84 Å². The van der Waals surface area contributed by atoms with Gasteiger partial charge in [0.25, 0.3) is 0 Å². The van der Waals surface area contributed by atoms with Crippen molar-refractivity contribution in [3.05, 3.63) is 63.6 Å². The SMILES string of the molecule is CCOc1ccc(Br)cc1C(c1cccc(C)c1)N1CCC(C(=O)O)CC1. The number of hydrogen-bond donors (Lipinski definition) is 1. The number of aliphatic carboxylic acids is 1. The van der Waals surface area contributed by atoms with Crippen LogP contribution in [-0.2, 0) is 4.79 Å². The number of aryl methyl sites for hydroxylation is 1. The molecule has 0 saturated carbocycles. The van der Waals surface area contributed by atoms with Crippen molar-refractivity contribution >= 4 is 21.9 Å². The molecule has 1 fully saturated rings. The van der Waals surface area contributed by atoms with E-state index in [-0.39, 0.29) is 12.0 Å². The zero-order valence-electron chi connectivity index (χ0n) is 15.8. The quantitative estimate of drug-likeness (QED) is 0.695. The monoisotopic (exact) mass is 431 g/mol. The summed E-state index contributed by atoms with van der Waals surface area (Å²) in [4.78, 5) is 13.7. The Hall–Kier alpha value is -1.85. The van der Waals surface area contributed by atoms with Crippen molar-refractivity contribution in [1.29, 1.82) is 0 Å². The molecule has 0 aliphatic carbocycles. The third kappa shape index (κ3) is 4.71. The highest BCUT2D eigenvalue weighted by Gasteiger charge is 2.31. The molecule has 2 aromatic rings. The van der Waals surface area contributed by atoms with Crippen LogP contribution < -0.4 is 4.74 Å². The van der Waals surface area contributed by atoms with Crippen LogP contribution in [0, 0.1) is 12.8 Å². The Labute approximate surface area is 169 Å². The average Bonchev–Trinajstić information content (AvgIpc) is 2.65. The molecule has 1 aliphatic heterocycles. The number of rotatable bonds is 6. The maximum atomic E-state index is 11.4. The van der Waals surface area contributed by atoms with E-state index >= 15 is 0 Å². The molecule has 1 N–H and O–H groups in total. The predicted molar refractivity (Wildman–Crippen MR) is 110 cm³/mol. The molecule has 27 heavy (non-hydrogen) atoms. The lowest BCUT2D eigenvalue weighted by molar-refractivity contribution is -0.143. The summed E-state index contributed by atoms with van der Waals surface area (Å²) in [5.41, 5.74) is 3.54. The standard InChI is InChI=1S/C22H26BrNO3/c1-3-27-20-8-7-18(23)14-19(20)21(17-6-4-5-15(2)13-17)24-11-9-16(10-12-24)22(25)26/h4-8,13-14,16,21H,3,9-12H2,1-2H3,(H,25,26). The van der Waals surface area contributed by atoms with E-state index in [2.05, 4.69) is 58.1 Å². The molecule has 0 aromatic heterocycles. The van der Waals surface area contributed by atoms with Gasteiger partial charge in [-0.2, -0.15) is 0 Å². The zero-order valence-corrected chi connectivity index (χ0v) is 17.4. The van der Waals surface area contributed by atoms with E-state index in [1.54, 1.807) is 0 Å². The zero-order chi connectivity index (χ0) is 19.4. The van der Waals surface area contributed by atoms with Gasteiger partial charge in [-0.15, -0.1) is 0 Å². The number of carboxylic acids is 1. The summed E-state index contributed by atoms with van der Waals surface area (Å²) in [6, 6.07) is 14.7. The molecule has 144 valence electrons. The lowest BCUT2D eigenvalue weighted by Gasteiger charge is -2.37. The Bertz CT molecular complexity index is 800. The minimum absolute atomic E-state index is 0.0405. The van der Waals surface area contributed by atoms with Crippen LogP contribution in [0.4, 0.5) is 0 Å². The van der Waals surface area contributed by atoms with Crippen LogP contribution in [0.2, 0.25) is 0 Å². The smallest absolute Gasteiger partial charge is 0.306 e. The minimum Gasteiger partial charge on any atom is -0.494 e. The number of nitrogens with zero attached hydrogens (tertiary/aromatic N) is 1. The topological polar surface area (TPSA) is 49.8 Å². The molecule has 1 atom stereocenters. The van der Waals surface area contributed by atoms with Crippen molar-refractivity contribution in [3.8, 4) is 5.75 Å². The van der Waals surface area contributed by atoms with Gasteiger partial charge in [0.15, 0.2) is 0 Å². The van der Waals surface area contributed by atoms with E-state index in [1.807, 2.05) is 19.1 Å². The normalized spacial score (nSPS) is 16.9. The molecule has 1 unspecified atom stereocenters. The number of piperidine rings is 1. The highest BCUT2D eigenvalue weighted by atomic mass is 79.9. The number of likely N-dealkylation sites (tertiary alicyclic amines) is 1. The van der Waals surface area contributed by atoms with Crippen LogP contribution >= 0.6 is 15.9 Å². The van der Waals surface area contributed by atoms with Crippen molar-refractivity contribution < 1.29 is 14.6 Å². The third-order valence-corrected chi connectivity index (χ3v) is 5.66. The van der Waals surface area contributed by atoms with Gasteiger partial charge in [0.2, 0.25) is 0 Å². The Morgan fingerprint density at radius 1 is 1.26 bits per heavy atom. The molecular formula is C22H26BrNO3. The highest BCUT2D eigenvalue weighted by molar-refractivity contribution is 9.10. The molecule has 2 aromatic carbocycles. The van der Waals surface area contributed by atoms with E-state index in [0.717, 1.165) is 28.9 Å². The molecule has 3 rings (SSSR count). The largest absolute Gasteiger partial charge is 0.494 e. The molecule has 0 amide bonds. The molecule has 4 nitrogen and oxygen atoms in total. The molecule has 0 bridgehead atoms. The van der Waals surface area contributed by atoms with Crippen LogP contribution in [0.3, 0.4) is 0 Å². The van der Waals surface area contributed by atoms with Crippen LogP contribution in [0.5, 0.6) is 5.75 Å². The molecular weight excluding hydrogens is 406 g/mol. The predicted octanol–water partition coefficient (Wildman–Crippen LogP) is 5.04. The van der Waals surface area contributed by atoms with Crippen molar-refractivity contribution in [2.24, 2.45) is 5.92 Å². The maximum Gasteiger partial charge on any atom is 0.306 e. The number of hydrogen-bond acceptors (Lipinski definition) is 3. The molecule has 0 spiro atoms. The summed E-state index contributed by atoms with van der Waals surface area (Å²) in [5, 5.41) is 9.34. The van der Waals surface area contributed by atoms with E-state index in [9.17, 15) is 9.90 Å². The lowest BCUT2D eigenvalue weighted by atomic mass is 9.90. The summed E-state index contributed by atoms with van der Waals surface area (Å²) in [7, 11) is 0. The fraction of sp³-hybridized carbons (Fsp3) is 0.409.